The molecule has 0 fully saturated rings. The average Bonchev–Trinajstić information content (AvgIpc) is 2.79. The van der Waals surface area contributed by atoms with Crippen LogP contribution in [0.2, 0.25) is 0 Å². The maximum Gasteiger partial charge on any atom is 0.213 e. The molecule has 0 amide bonds. The SMILES string of the molecule is C=CCCCCCCCCOc1ccc(-c2ccnc(-c3ccccc3)n2)cn1. The smallest absolute Gasteiger partial charge is 0.213 e. The van der Waals surface area contributed by atoms with Crippen LogP contribution in [0.15, 0.2) is 73.6 Å². The zero-order valence-electron chi connectivity index (χ0n) is 17.0. The van der Waals surface area contributed by atoms with Crippen LogP contribution in [0.4, 0.5) is 0 Å². The van der Waals surface area contributed by atoms with Gasteiger partial charge in [0.15, 0.2) is 5.82 Å². The molecular formula is C25H29N3O. The van der Waals surface area contributed by atoms with Crippen molar-refractivity contribution in [3.05, 3.63) is 73.6 Å². The predicted octanol–water partition coefficient (Wildman–Crippen LogP) is 6.50. The van der Waals surface area contributed by atoms with Crippen LogP contribution in [0, 0.1) is 0 Å². The van der Waals surface area contributed by atoms with E-state index in [-0.39, 0.29) is 0 Å². The number of ether oxygens (including phenoxy) is 1. The Balaban J connectivity index is 1.45. The molecular weight excluding hydrogens is 358 g/mol. The lowest BCUT2D eigenvalue weighted by Gasteiger charge is -2.07. The van der Waals surface area contributed by atoms with Crippen molar-refractivity contribution in [3.63, 3.8) is 0 Å². The van der Waals surface area contributed by atoms with Crippen molar-refractivity contribution in [1.29, 1.82) is 0 Å². The Kier molecular flexibility index (Phi) is 8.39. The Morgan fingerprint density at radius 3 is 2.34 bits per heavy atom. The number of allylic oxidation sites excluding steroid dienone is 1. The van der Waals surface area contributed by atoms with Crippen LogP contribution in [0.1, 0.15) is 44.9 Å². The van der Waals surface area contributed by atoms with Gasteiger partial charge in [-0.1, -0.05) is 62.1 Å². The maximum atomic E-state index is 5.78. The molecule has 0 radical (unpaired) electrons. The first kappa shape index (κ1) is 20.7. The van der Waals surface area contributed by atoms with E-state index < -0.39 is 0 Å². The van der Waals surface area contributed by atoms with Gasteiger partial charge in [0.1, 0.15) is 0 Å². The molecule has 0 N–H and O–H groups in total. The fourth-order valence-electron chi connectivity index (χ4n) is 3.14. The summed E-state index contributed by atoms with van der Waals surface area (Å²) in [5.41, 5.74) is 2.81. The molecule has 2 aromatic heterocycles. The lowest BCUT2D eigenvalue weighted by Crippen LogP contribution is -1.99. The van der Waals surface area contributed by atoms with E-state index in [2.05, 4.69) is 21.5 Å². The number of hydrogen-bond donors (Lipinski definition) is 0. The van der Waals surface area contributed by atoms with E-state index >= 15 is 0 Å². The normalized spacial score (nSPS) is 10.6. The van der Waals surface area contributed by atoms with Crippen molar-refractivity contribution in [2.75, 3.05) is 6.61 Å². The fraction of sp³-hybridized carbons (Fsp3) is 0.320. The third kappa shape index (κ3) is 6.83. The summed E-state index contributed by atoms with van der Waals surface area (Å²) in [6.45, 7) is 4.47. The average molecular weight is 388 g/mol. The number of nitrogens with zero attached hydrogens (tertiary/aromatic N) is 3. The van der Waals surface area contributed by atoms with Crippen molar-refractivity contribution in [1.82, 2.24) is 15.0 Å². The van der Waals surface area contributed by atoms with Gasteiger partial charge in [0.05, 0.1) is 12.3 Å². The molecule has 0 unspecified atom stereocenters. The van der Waals surface area contributed by atoms with E-state index in [0.717, 1.165) is 29.7 Å². The molecule has 0 saturated carbocycles. The number of unbranched alkanes of at least 4 members (excludes halogenated alkanes) is 6. The third-order valence-electron chi connectivity index (χ3n) is 4.77. The molecule has 0 atom stereocenters. The second-order valence-corrected chi connectivity index (χ2v) is 7.06. The number of benzene rings is 1. The van der Waals surface area contributed by atoms with Crippen molar-refractivity contribution >= 4 is 0 Å². The van der Waals surface area contributed by atoms with Crippen LogP contribution in [-0.4, -0.2) is 21.6 Å². The molecule has 150 valence electrons. The third-order valence-corrected chi connectivity index (χ3v) is 4.77. The highest BCUT2D eigenvalue weighted by Gasteiger charge is 2.05. The molecule has 0 aliphatic heterocycles. The molecule has 0 spiro atoms. The fourth-order valence-corrected chi connectivity index (χ4v) is 3.14. The molecule has 0 aliphatic rings. The zero-order chi connectivity index (χ0) is 20.2. The van der Waals surface area contributed by atoms with Gasteiger partial charge in [-0.2, -0.15) is 0 Å². The quantitative estimate of drug-likeness (QED) is 0.263. The van der Waals surface area contributed by atoms with Crippen molar-refractivity contribution in [3.8, 4) is 28.5 Å². The summed E-state index contributed by atoms with van der Waals surface area (Å²) in [7, 11) is 0. The largest absolute Gasteiger partial charge is 0.478 e. The minimum Gasteiger partial charge on any atom is -0.478 e. The number of aromatic nitrogens is 3. The Bertz CT molecular complexity index is 863. The summed E-state index contributed by atoms with van der Waals surface area (Å²) >= 11 is 0. The van der Waals surface area contributed by atoms with Crippen LogP contribution in [0.5, 0.6) is 5.88 Å². The Morgan fingerprint density at radius 2 is 1.59 bits per heavy atom. The molecule has 0 bridgehead atoms. The van der Waals surface area contributed by atoms with E-state index in [0.29, 0.717) is 18.3 Å². The van der Waals surface area contributed by atoms with Crippen molar-refractivity contribution in [2.24, 2.45) is 0 Å². The first-order chi connectivity index (χ1) is 14.4. The van der Waals surface area contributed by atoms with E-state index in [4.69, 9.17) is 4.74 Å². The van der Waals surface area contributed by atoms with Gasteiger partial charge in [-0.15, -0.1) is 6.58 Å². The topological polar surface area (TPSA) is 47.9 Å². The summed E-state index contributed by atoms with van der Waals surface area (Å²) in [6.07, 6.45) is 14.1. The Morgan fingerprint density at radius 1 is 0.793 bits per heavy atom. The van der Waals surface area contributed by atoms with Gasteiger partial charge in [-0.25, -0.2) is 15.0 Å². The lowest BCUT2D eigenvalue weighted by molar-refractivity contribution is 0.293. The second-order valence-electron chi connectivity index (χ2n) is 7.06. The molecule has 1 aromatic carbocycles. The van der Waals surface area contributed by atoms with Crippen LogP contribution in [0.25, 0.3) is 22.6 Å². The van der Waals surface area contributed by atoms with E-state index in [1.54, 1.807) is 6.20 Å². The number of hydrogen-bond acceptors (Lipinski definition) is 4. The van der Waals surface area contributed by atoms with E-state index in [1.807, 2.05) is 60.8 Å². The van der Waals surface area contributed by atoms with Crippen LogP contribution < -0.4 is 4.74 Å². The molecule has 29 heavy (non-hydrogen) atoms. The van der Waals surface area contributed by atoms with Gasteiger partial charge < -0.3 is 4.74 Å². The minimum absolute atomic E-state index is 0.664. The summed E-state index contributed by atoms with van der Waals surface area (Å²) < 4.78 is 5.78. The van der Waals surface area contributed by atoms with Crippen LogP contribution in [-0.2, 0) is 0 Å². The maximum absolute atomic E-state index is 5.78. The van der Waals surface area contributed by atoms with Gasteiger partial charge in [-0.05, 0) is 31.4 Å². The van der Waals surface area contributed by atoms with Crippen molar-refractivity contribution < 1.29 is 4.74 Å². The molecule has 0 aliphatic carbocycles. The molecule has 4 nitrogen and oxygen atoms in total. The minimum atomic E-state index is 0.664. The summed E-state index contributed by atoms with van der Waals surface area (Å²) in [4.78, 5) is 13.5. The molecule has 2 heterocycles. The molecule has 3 rings (SSSR count). The molecule has 4 heteroatoms. The number of rotatable bonds is 12. The van der Waals surface area contributed by atoms with Gasteiger partial charge >= 0.3 is 0 Å². The van der Waals surface area contributed by atoms with E-state index in [1.165, 1.54) is 32.1 Å². The molecule has 3 aromatic rings. The van der Waals surface area contributed by atoms with E-state index in [9.17, 15) is 0 Å². The zero-order valence-corrected chi connectivity index (χ0v) is 17.0. The second kappa shape index (κ2) is 11.7. The van der Waals surface area contributed by atoms with Gasteiger partial charge in [-0.3, -0.25) is 0 Å². The number of pyridine rings is 1. The van der Waals surface area contributed by atoms with Crippen LogP contribution >= 0.6 is 0 Å². The van der Waals surface area contributed by atoms with Crippen LogP contribution in [0.3, 0.4) is 0 Å². The summed E-state index contributed by atoms with van der Waals surface area (Å²) in [6, 6.07) is 15.8. The monoisotopic (exact) mass is 387 g/mol. The summed E-state index contributed by atoms with van der Waals surface area (Å²) in [5.74, 6) is 1.38. The first-order valence-electron chi connectivity index (χ1n) is 10.5. The Labute approximate surface area is 173 Å². The standard InChI is InChI=1S/C25H29N3O/c1-2-3-4-5-6-7-8-12-19-29-24-16-15-22(20-27-24)23-17-18-26-25(28-23)21-13-10-9-11-14-21/h2,9-11,13-18,20H,1,3-8,12,19H2. The highest BCUT2D eigenvalue weighted by atomic mass is 16.5. The summed E-state index contributed by atoms with van der Waals surface area (Å²) in [5, 5.41) is 0. The van der Waals surface area contributed by atoms with Gasteiger partial charge in [0, 0.05) is 29.6 Å². The highest BCUT2D eigenvalue weighted by molar-refractivity contribution is 5.62. The first-order valence-corrected chi connectivity index (χ1v) is 10.5. The molecule has 0 saturated heterocycles. The predicted molar refractivity (Wildman–Crippen MR) is 119 cm³/mol. The Hall–Kier alpha value is -3.01. The lowest BCUT2D eigenvalue weighted by atomic mass is 10.1. The van der Waals surface area contributed by atoms with Gasteiger partial charge in [0.2, 0.25) is 5.88 Å². The van der Waals surface area contributed by atoms with Gasteiger partial charge in [0.25, 0.3) is 0 Å². The van der Waals surface area contributed by atoms with Crippen molar-refractivity contribution in [2.45, 2.75) is 44.9 Å². The highest BCUT2D eigenvalue weighted by Crippen LogP contribution is 2.21.